The Morgan fingerprint density at radius 3 is 2.54 bits per heavy atom. The molecule has 3 fully saturated rings. The third-order valence-electron chi connectivity index (χ3n) is 12.0. The quantitative estimate of drug-likeness (QED) is 0.155. The highest BCUT2D eigenvalue weighted by atomic mass is 19.4. The lowest BCUT2D eigenvalue weighted by Gasteiger charge is -2.42. The van der Waals surface area contributed by atoms with Crippen LogP contribution in [0.5, 0.6) is 5.75 Å². The number of aromatic nitrogens is 6. The smallest absolute Gasteiger partial charge is 0.434 e. The van der Waals surface area contributed by atoms with Crippen LogP contribution in [0.4, 0.5) is 28.9 Å². The third-order valence-corrected chi connectivity index (χ3v) is 12.0. The maximum atomic E-state index is 16.1. The number of nitrogens with zero attached hydrogens (tertiary/aromatic N) is 8. The van der Waals surface area contributed by atoms with Gasteiger partial charge in [0.1, 0.15) is 35.0 Å². The van der Waals surface area contributed by atoms with Crippen molar-refractivity contribution in [1.29, 1.82) is 0 Å². The van der Waals surface area contributed by atoms with E-state index in [0.29, 0.717) is 41.8 Å². The highest BCUT2D eigenvalue weighted by Gasteiger charge is 2.37. The second kappa shape index (κ2) is 15.7. The molecule has 4 aromatic heterocycles. The molecule has 6 heterocycles. The predicted molar refractivity (Wildman–Crippen MR) is 208 cm³/mol. The molecule has 1 aromatic carbocycles. The van der Waals surface area contributed by atoms with E-state index in [1.165, 1.54) is 16.2 Å². The number of amides is 3. The van der Waals surface area contributed by atoms with Crippen LogP contribution in [-0.2, 0) is 22.8 Å². The first kappa shape index (κ1) is 40.0. The molecule has 59 heavy (non-hydrogen) atoms. The normalized spacial score (nSPS) is 22.9. The van der Waals surface area contributed by atoms with E-state index >= 15 is 4.39 Å². The fourth-order valence-electron chi connectivity index (χ4n) is 8.99. The zero-order chi connectivity index (χ0) is 41.7. The molecule has 2 N–H and O–H groups in total. The van der Waals surface area contributed by atoms with Gasteiger partial charge in [0.15, 0.2) is 5.69 Å². The number of para-hydroxylation sites is 1. The van der Waals surface area contributed by atoms with Crippen molar-refractivity contribution in [3.8, 4) is 5.75 Å². The number of benzene rings is 1. The van der Waals surface area contributed by atoms with Crippen LogP contribution >= 0.6 is 0 Å². The summed E-state index contributed by atoms with van der Waals surface area (Å²) in [6.07, 6.45) is 3.70. The highest BCUT2D eigenvalue weighted by molar-refractivity contribution is 6.03. The Balaban J connectivity index is 0.881. The average Bonchev–Trinajstić information content (AvgIpc) is 3.74. The van der Waals surface area contributed by atoms with Crippen molar-refractivity contribution < 1.29 is 36.7 Å². The van der Waals surface area contributed by atoms with Crippen LogP contribution < -0.4 is 26.0 Å². The van der Waals surface area contributed by atoms with Crippen LogP contribution in [0.15, 0.2) is 53.8 Å². The maximum Gasteiger partial charge on any atom is 0.434 e. The number of carbonyl (C=O) groups excluding carboxylic acids is 3. The second-order valence-electron chi connectivity index (χ2n) is 15.7. The fourth-order valence-corrected chi connectivity index (χ4v) is 8.99. The van der Waals surface area contributed by atoms with Crippen molar-refractivity contribution in [3.05, 3.63) is 76.6 Å². The first-order valence-corrected chi connectivity index (χ1v) is 19.6. The molecule has 3 amide bonds. The lowest BCUT2D eigenvalue weighted by molar-refractivity contribution is -0.141. The van der Waals surface area contributed by atoms with Crippen molar-refractivity contribution in [2.24, 2.45) is 13.0 Å². The van der Waals surface area contributed by atoms with Crippen LogP contribution in [0.25, 0.3) is 16.7 Å². The summed E-state index contributed by atoms with van der Waals surface area (Å²) in [4.78, 5) is 66.6. The summed E-state index contributed by atoms with van der Waals surface area (Å²) in [6.45, 7) is 1.49. The number of hydrogen-bond acceptors (Lipinski definition) is 10. The molecule has 2 aliphatic heterocycles. The van der Waals surface area contributed by atoms with E-state index in [2.05, 4.69) is 25.5 Å². The number of nitrogens with one attached hydrogen (secondary N) is 2. The number of aryl methyl sites for hydroxylation is 1. The summed E-state index contributed by atoms with van der Waals surface area (Å²) in [5.41, 5.74) is 1.48. The molecule has 312 valence electrons. The Morgan fingerprint density at radius 1 is 1.05 bits per heavy atom. The Hall–Kier alpha value is -5.85. The number of imide groups is 1. The van der Waals surface area contributed by atoms with Gasteiger partial charge in [-0.15, -0.1) is 0 Å². The molecular weight excluding hydrogens is 776 g/mol. The number of ether oxygens (including phenoxy) is 1. The second-order valence-corrected chi connectivity index (χ2v) is 15.7. The summed E-state index contributed by atoms with van der Waals surface area (Å²) in [7, 11) is 5.04. The van der Waals surface area contributed by atoms with Crippen LogP contribution in [0.1, 0.15) is 78.8 Å². The van der Waals surface area contributed by atoms with Crippen molar-refractivity contribution >= 4 is 45.8 Å². The van der Waals surface area contributed by atoms with E-state index in [4.69, 9.17) is 9.72 Å². The number of alkyl halides is 4. The van der Waals surface area contributed by atoms with Gasteiger partial charge in [0.05, 0.1) is 48.5 Å². The maximum absolute atomic E-state index is 16.1. The SMILES string of the molecule is COc1cc2nc(C3CCC(CN(C)[C@H]4CCN(c5cccc6c5n(C)c(=O)n6C5CCC(=O)NC5=O)C[C@@H]4F)CC3)cn2cc1NC(=O)c1cncc(C(F)(F)F)n1. The molecule has 19 heteroatoms. The zero-order valence-electron chi connectivity index (χ0n) is 32.7. The molecule has 0 radical (unpaired) electrons. The minimum absolute atomic E-state index is 0.144. The van der Waals surface area contributed by atoms with Gasteiger partial charge < -0.3 is 24.3 Å². The number of pyridine rings is 1. The molecule has 0 spiro atoms. The summed E-state index contributed by atoms with van der Waals surface area (Å²) in [5, 5.41) is 4.91. The molecule has 1 aliphatic carbocycles. The third kappa shape index (κ3) is 7.74. The Kier molecular flexibility index (Phi) is 10.6. The Morgan fingerprint density at radius 2 is 1.83 bits per heavy atom. The number of rotatable bonds is 9. The molecule has 3 aliphatic rings. The molecule has 1 unspecified atom stereocenters. The fraction of sp³-hybridized carbons (Fsp3) is 0.475. The van der Waals surface area contributed by atoms with E-state index < -0.39 is 41.6 Å². The minimum Gasteiger partial charge on any atom is -0.494 e. The number of methoxy groups -OCH3 is 1. The summed E-state index contributed by atoms with van der Waals surface area (Å²) >= 11 is 0. The highest BCUT2D eigenvalue weighted by Crippen LogP contribution is 2.38. The van der Waals surface area contributed by atoms with E-state index in [-0.39, 0.29) is 54.4 Å². The van der Waals surface area contributed by atoms with Gasteiger partial charge in [-0.2, -0.15) is 13.2 Å². The van der Waals surface area contributed by atoms with Crippen LogP contribution in [-0.4, -0.2) is 97.1 Å². The number of halogens is 4. The van der Waals surface area contributed by atoms with Gasteiger partial charge in [-0.25, -0.2) is 19.2 Å². The van der Waals surface area contributed by atoms with Gasteiger partial charge in [0.2, 0.25) is 11.8 Å². The molecule has 2 saturated heterocycles. The molecule has 8 rings (SSSR count). The van der Waals surface area contributed by atoms with Crippen LogP contribution in [0.2, 0.25) is 0 Å². The molecule has 1 saturated carbocycles. The van der Waals surface area contributed by atoms with Gasteiger partial charge in [0.25, 0.3) is 5.91 Å². The Labute approximate surface area is 335 Å². The number of imidazole rings is 2. The van der Waals surface area contributed by atoms with E-state index in [0.717, 1.165) is 49.8 Å². The minimum atomic E-state index is -4.75. The van der Waals surface area contributed by atoms with Crippen molar-refractivity contribution in [1.82, 2.24) is 38.7 Å². The molecule has 5 aromatic rings. The van der Waals surface area contributed by atoms with Crippen LogP contribution in [0, 0.1) is 5.92 Å². The number of piperidine rings is 2. The van der Waals surface area contributed by atoms with Crippen LogP contribution in [0.3, 0.4) is 0 Å². The van der Waals surface area contributed by atoms with Gasteiger partial charge in [-0.05, 0) is 63.6 Å². The summed E-state index contributed by atoms with van der Waals surface area (Å²) in [5.74, 6) is -0.909. The number of carbonyl (C=O) groups is 3. The summed E-state index contributed by atoms with van der Waals surface area (Å²) in [6, 6.07) is 6.04. The average molecular weight is 821 g/mol. The number of fused-ring (bicyclic) bond motifs is 2. The predicted octanol–water partition coefficient (Wildman–Crippen LogP) is 4.86. The van der Waals surface area contributed by atoms with Crippen molar-refractivity contribution in [2.75, 3.05) is 44.0 Å². The van der Waals surface area contributed by atoms with E-state index in [1.54, 1.807) is 29.8 Å². The van der Waals surface area contributed by atoms with Gasteiger partial charge in [-0.1, -0.05) is 6.07 Å². The monoisotopic (exact) mass is 820 g/mol. The van der Waals surface area contributed by atoms with Crippen molar-refractivity contribution in [3.63, 3.8) is 0 Å². The van der Waals surface area contributed by atoms with Gasteiger partial charge >= 0.3 is 11.9 Å². The first-order chi connectivity index (χ1) is 28.2. The van der Waals surface area contributed by atoms with Gasteiger partial charge in [0, 0.05) is 57.0 Å². The Bertz CT molecular complexity index is 2490. The lowest BCUT2D eigenvalue weighted by Crippen LogP contribution is -2.52. The van der Waals surface area contributed by atoms with Crippen molar-refractivity contribution in [2.45, 2.75) is 75.3 Å². The van der Waals surface area contributed by atoms with Gasteiger partial charge in [-0.3, -0.25) is 33.8 Å². The number of hydrogen-bond donors (Lipinski definition) is 2. The lowest BCUT2D eigenvalue weighted by atomic mass is 9.80. The molecular formula is C40H44F4N10O5. The molecule has 0 bridgehead atoms. The summed E-state index contributed by atoms with van der Waals surface area (Å²) < 4.78 is 65.7. The molecule has 3 atom stereocenters. The van der Waals surface area contributed by atoms with E-state index in [1.807, 2.05) is 30.3 Å². The largest absolute Gasteiger partial charge is 0.494 e. The molecule has 15 nitrogen and oxygen atoms in total. The number of anilines is 2. The standard InChI is InChI=1S/C40H44F4N10O5/c1-50(28-13-14-52(19-24(28)41)29-5-4-6-30-36(29)51(2)39(58)54(30)31-11-12-35(55)49-38(31)57)18-22-7-9-23(10-8-22)26-20-53-21-27(32(59-3)15-34(53)47-26)48-37(56)25-16-45-17-33(46-25)40(42,43)44/h4-6,15-17,20-24,28,31H,7-14,18-19H2,1-3H3,(H,48,56)(H,49,55,57)/t22?,23?,24-,28-,31?/m0/s1. The zero-order valence-corrected chi connectivity index (χ0v) is 32.7. The topological polar surface area (TPSA) is 161 Å². The van der Waals surface area contributed by atoms with E-state index in [9.17, 15) is 32.3 Å². The first-order valence-electron chi connectivity index (χ1n) is 19.6.